The summed E-state index contributed by atoms with van der Waals surface area (Å²) in [6, 6.07) is 13.5. The Morgan fingerprint density at radius 2 is 1.94 bits per heavy atom. The molecule has 8 nitrogen and oxygen atoms in total. The first-order valence-corrected chi connectivity index (χ1v) is 11.9. The fourth-order valence-corrected chi connectivity index (χ4v) is 4.19. The standard InChI is InChI=1S/C27H30N6O2/c1-4-18(20-7-6-8-21-22(27(34)28-3)12-14-30-26(20)21)11-13-29-24-15-23(32-17-33-24)19-9-10-25(31-16-19)35-5-2/h6-10,12,14-18H,4-5,11,13H2,1-3H3,(H,28,34)(H,29,32,33). The summed E-state index contributed by atoms with van der Waals surface area (Å²) in [5.41, 5.74) is 4.38. The van der Waals surface area contributed by atoms with Crippen LogP contribution in [0, 0.1) is 0 Å². The molecule has 1 unspecified atom stereocenters. The number of nitrogens with zero attached hydrogens (tertiary/aromatic N) is 4. The minimum absolute atomic E-state index is 0.105. The van der Waals surface area contributed by atoms with E-state index in [1.165, 1.54) is 0 Å². The maximum Gasteiger partial charge on any atom is 0.251 e. The molecule has 3 heterocycles. The number of amides is 1. The van der Waals surface area contributed by atoms with E-state index in [1.54, 1.807) is 31.8 Å². The SMILES string of the molecule is CCOc1ccc(-c2cc(NCCC(CC)c3cccc4c(C(=O)NC)ccnc34)ncn2)cn1. The van der Waals surface area contributed by atoms with Crippen LogP contribution in [-0.2, 0) is 0 Å². The average molecular weight is 471 g/mol. The summed E-state index contributed by atoms with van der Waals surface area (Å²) < 4.78 is 5.41. The predicted octanol–water partition coefficient (Wildman–Crippen LogP) is 4.84. The lowest BCUT2D eigenvalue weighted by molar-refractivity contribution is 0.0964. The van der Waals surface area contributed by atoms with Gasteiger partial charge in [-0.15, -0.1) is 0 Å². The number of ether oxygens (including phenoxy) is 1. The number of carbonyl (C=O) groups is 1. The van der Waals surface area contributed by atoms with Crippen LogP contribution in [-0.4, -0.2) is 46.0 Å². The van der Waals surface area contributed by atoms with E-state index in [0.29, 0.717) is 18.1 Å². The normalized spacial score (nSPS) is 11.7. The fourth-order valence-electron chi connectivity index (χ4n) is 4.19. The van der Waals surface area contributed by atoms with Crippen LogP contribution in [0.3, 0.4) is 0 Å². The molecule has 0 aliphatic heterocycles. The molecule has 1 atom stereocenters. The fraction of sp³-hybridized carbons (Fsp3) is 0.296. The van der Waals surface area contributed by atoms with Gasteiger partial charge in [0.1, 0.15) is 12.1 Å². The third-order valence-corrected chi connectivity index (χ3v) is 6.00. The lowest BCUT2D eigenvalue weighted by Gasteiger charge is -2.18. The van der Waals surface area contributed by atoms with E-state index in [1.807, 2.05) is 37.3 Å². The van der Waals surface area contributed by atoms with Crippen molar-refractivity contribution in [1.82, 2.24) is 25.3 Å². The molecule has 4 rings (SSSR count). The highest BCUT2D eigenvalue weighted by Crippen LogP contribution is 2.30. The van der Waals surface area contributed by atoms with Gasteiger partial charge in [-0.1, -0.05) is 25.1 Å². The first-order valence-electron chi connectivity index (χ1n) is 11.9. The van der Waals surface area contributed by atoms with E-state index in [4.69, 9.17) is 4.74 Å². The van der Waals surface area contributed by atoms with E-state index >= 15 is 0 Å². The number of pyridine rings is 2. The first kappa shape index (κ1) is 24.1. The van der Waals surface area contributed by atoms with E-state index in [-0.39, 0.29) is 11.8 Å². The smallest absolute Gasteiger partial charge is 0.251 e. The van der Waals surface area contributed by atoms with E-state index < -0.39 is 0 Å². The molecule has 0 radical (unpaired) electrons. The van der Waals surface area contributed by atoms with Crippen molar-refractivity contribution in [2.45, 2.75) is 32.6 Å². The zero-order valence-electron chi connectivity index (χ0n) is 20.3. The van der Waals surface area contributed by atoms with Crippen molar-refractivity contribution in [3.05, 3.63) is 72.3 Å². The van der Waals surface area contributed by atoms with Gasteiger partial charge < -0.3 is 15.4 Å². The molecule has 2 N–H and O–H groups in total. The summed E-state index contributed by atoms with van der Waals surface area (Å²) in [7, 11) is 1.64. The molecule has 0 bridgehead atoms. The Labute approximate surface area is 205 Å². The van der Waals surface area contributed by atoms with Crippen LogP contribution in [0.4, 0.5) is 5.82 Å². The number of anilines is 1. The Morgan fingerprint density at radius 1 is 1.06 bits per heavy atom. The Balaban J connectivity index is 1.47. The Hall–Kier alpha value is -4.07. The van der Waals surface area contributed by atoms with E-state index in [2.05, 4.69) is 43.6 Å². The lowest BCUT2D eigenvalue weighted by atomic mass is 9.90. The van der Waals surface area contributed by atoms with E-state index in [9.17, 15) is 4.79 Å². The van der Waals surface area contributed by atoms with Crippen LogP contribution >= 0.6 is 0 Å². The number of aromatic nitrogens is 4. The predicted molar refractivity (Wildman–Crippen MR) is 138 cm³/mol. The number of hydrogen-bond donors (Lipinski definition) is 2. The largest absolute Gasteiger partial charge is 0.478 e. The van der Waals surface area contributed by atoms with Gasteiger partial charge >= 0.3 is 0 Å². The number of para-hydroxylation sites is 1. The summed E-state index contributed by atoms with van der Waals surface area (Å²) in [5.74, 6) is 1.54. The van der Waals surface area contributed by atoms with Crippen LogP contribution in [0.15, 0.2) is 61.2 Å². The van der Waals surface area contributed by atoms with Crippen molar-refractivity contribution in [2.24, 2.45) is 0 Å². The minimum Gasteiger partial charge on any atom is -0.478 e. The summed E-state index contributed by atoms with van der Waals surface area (Å²) in [5, 5.41) is 7.02. The number of fused-ring (bicyclic) bond motifs is 1. The quantitative estimate of drug-likeness (QED) is 0.342. The molecule has 8 heteroatoms. The zero-order valence-corrected chi connectivity index (χ0v) is 20.3. The molecule has 35 heavy (non-hydrogen) atoms. The number of nitrogens with one attached hydrogen (secondary N) is 2. The molecule has 180 valence electrons. The maximum atomic E-state index is 12.3. The van der Waals surface area contributed by atoms with Crippen molar-refractivity contribution in [3.63, 3.8) is 0 Å². The summed E-state index contributed by atoms with van der Waals surface area (Å²) in [6.07, 6.45) is 6.87. The number of carbonyl (C=O) groups excluding carboxylic acids is 1. The third kappa shape index (κ3) is 5.54. The van der Waals surface area contributed by atoms with Crippen LogP contribution < -0.4 is 15.4 Å². The van der Waals surface area contributed by atoms with Crippen molar-refractivity contribution in [3.8, 4) is 17.1 Å². The topological polar surface area (TPSA) is 102 Å². The van der Waals surface area contributed by atoms with Gasteiger partial charge in [0.2, 0.25) is 5.88 Å². The average Bonchev–Trinajstić information content (AvgIpc) is 2.91. The molecule has 0 spiro atoms. The summed E-state index contributed by atoms with van der Waals surface area (Å²) >= 11 is 0. The molecule has 1 amide bonds. The molecule has 3 aromatic heterocycles. The van der Waals surface area contributed by atoms with E-state index in [0.717, 1.165) is 52.9 Å². The van der Waals surface area contributed by atoms with Crippen molar-refractivity contribution >= 4 is 22.6 Å². The second-order valence-corrected chi connectivity index (χ2v) is 8.11. The Bertz CT molecular complexity index is 1290. The van der Waals surface area contributed by atoms with Gasteiger partial charge in [-0.05, 0) is 43.4 Å². The van der Waals surface area contributed by atoms with Crippen LogP contribution in [0.25, 0.3) is 22.2 Å². The van der Waals surface area contributed by atoms with Gasteiger partial charge in [-0.25, -0.2) is 15.0 Å². The summed E-state index contributed by atoms with van der Waals surface area (Å²) in [6.45, 7) is 5.42. The van der Waals surface area contributed by atoms with Gasteiger partial charge in [0, 0.05) is 49.1 Å². The van der Waals surface area contributed by atoms with Gasteiger partial charge in [0.15, 0.2) is 0 Å². The lowest BCUT2D eigenvalue weighted by Crippen LogP contribution is -2.18. The maximum absolute atomic E-state index is 12.3. The highest BCUT2D eigenvalue weighted by Gasteiger charge is 2.17. The van der Waals surface area contributed by atoms with Crippen LogP contribution in [0.1, 0.15) is 48.5 Å². The molecule has 4 aromatic rings. The molecule has 0 aliphatic carbocycles. The molecular weight excluding hydrogens is 440 g/mol. The Morgan fingerprint density at radius 3 is 2.69 bits per heavy atom. The van der Waals surface area contributed by atoms with Crippen LogP contribution in [0.2, 0.25) is 0 Å². The second-order valence-electron chi connectivity index (χ2n) is 8.11. The van der Waals surface area contributed by atoms with Crippen molar-refractivity contribution in [1.29, 1.82) is 0 Å². The second kappa shape index (κ2) is 11.4. The number of rotatable bonds is 10. The van der Waals surface area contributed by atoms with Crippen molar-refractivity contribution < 1.29 is 9.53 Å². The summed E-state index contributed by atoms with van der Waals surface area (Å²) in [4.78, 5) is 30.0. The highest BCUT2D eigenvalue weighted by molar-refractivity contribution is 6.06. The molecule has 1 aromatic carbocycles. The molecular formula is C27H30N6O2. The van der Waals surface area contributed by atoms with Gasteiger partial charge in [-0.2, -0.15) is 0 Å². The van der Waals surface area contributed by atoms with Gasteiger partial charge in [0.05, 0.1) is 23.4 Å². The third-order valence-electron chi connectivity index (χ3n) is 6.00. The minimum atomic E-state index is -0.105. The van der Waals surface area contributed by atoms with Crippen LogP contribution in [0.5, 0.6) is 5.88 Å². The first-order chi connectivity index (χ1) is 17.1. The molecule has 0 saturated carbocycles. The highest BCUT2D eigenvalue weighted by atomic mass is 16.5. The zero-order chi connectivity index (χ0) is 24.6. The molecule has 0 fully saturated rings. The van der Waals surface area contributed by atoms with Gasteiger partial charge in [-0.3, -0.25) is 9.78 Å². The number of benzene rings is 1. The Kier molecular flexibility index (Phi) is 7.82. The molecule has 0 saturated heterocycles. The van der Waals surface area contributed by atoms with Gasteiger partial charge in [0.25, 0.3) is 5.91 Å². The number of hydrogen-bond acceptors (Lipinski definition) is 7. The van der Waals surface area contributed by atoms with Crippen molar-refractivity contribution in [2.75, 3.05) is 25.5 Å². The molecule has 0 aliphatic rings. The monoisotopic (exact) mass is 470 g/mol.